The summed E-state index contributed by atoms with van der Waals surface area (Å²) in [6, 6.07) is 9.80. The molecule has 0 amide bonds. The monoisotopic (exact) mass is 408 g/mol. The molecule has 0 aliphatic heterocycles. The van der Waals surface area contributed by atoms with E-state index in [1.54, 1.807) is 27.9 Å². The van der Waals surface area contributed by atoms with E-state index in [9.17, 15) is 0 Å². The third-order valence-corrected chi connectivity index (χ3v) is 4.67. The fourth-order valence-corrected chi connectivity index (χ4v) is 3.22. The van der Waals surface area contributed by atoms with Crippen molar-refractivity contribution in [3.63, 3.8) is 0 Å². The lowest BCUT2D eigenvalue weighted by Crippen LogP contribution is -2.09. The normalized spacial score (nSPS) is 12.8. The standard InChI is InChI=1S/C17H13BrN8/c1-11(24-9-12(18)7-20-24)15-22-17-14-8-21-26(13-5-3-2-4-6-13)16(14)19-10-25(17)23-15/h2-11H,1H3/t11-/m0/s1. The first-order valence-electron chi connectivity index (χ1n) is 8.05. The molecule has 26 heavy (non-hydrogen) atoms. The van der Waals surface area contributed by atoms with E-state index >= 15 is 0 Å². The zero-order valence-corrected chi connectivity index (χ0v) is 15.3. The zero-order valence-electron chi connectivity index (χ0n) is 13.7. The Morgan fingerprint density at radius 3 is 2.65 bits per heavy atom. The van der Waals surface area contributed by atoms with Gasteiger partial charge in [0, 0.05) is 6.20 Å². The summed E-state index contributed by atoms with van der Waals surface area (Å²) in [7, 11) is 0. The maximum Gasteiger partial charge on any atom is 0.176 e. The summed E-state index contributed by atoms with van der Waals surface area (Å²) in [5, 5.41) is 14.2. The molecule has 0 bridgehead atoms. The second-order valence-corrected chi connectivity index (χ2v) is 6.84. The Balaban J connectivity index is 1.65. The molecule has 0 aliphatic rings. The fourth-order valence-electron chi connectivity index (χ4n) is 2.92. The molecule has 0 unspecified atom stereocenters. The van der Waals surface area contributed by atoms with Gasteiger partial charge in [0.1, 0.15) is 12.4 Å². The molecule has 1 atom stereocenters. The maximum atomic E-state index is 4.72. The molecule has 0 saturated heterocycles. The van der Waals surface area contributed by atoms with Gasteiger partial charge in [-0.25, -0.2) is 19.2 Å². The van der Waals surface area contributed by atoms with Gasteiger partial charge in [0.05, 0.1) is 27.9 Å². The molecule has 0 radical (unpaired) electrons. The van der Waals surface area contributed by atoms with Crippen LogP contribution in [0.4, 0.5) is 0 Å². The second kappa shape index (κ2) is 5.73. The van der Waals surface area contributed by atoms with Crippen molar-refractivity contribution in [2.75, 3.05) is 0 Å². The van der Waals surface area contributed by atoms with Crippen molar-refractivity contribution < 1.29 is 0 Å². The first-order valence-corrected chi connectivity index (χ1v) is 8.84. The Bertz CT molecular complexity index is 1220. The minimum absolute atomic E-state index is 0.0968. The molecule has 0 N–H and O–H groups in total. The van der Waals surface area contributed by atoms with E-state index in [2.05, 4.69) is 36.2 Å². The SMILES string of the molecule is C[C@@H](c1nc2c3cnn(-c4ccccc4)c3ncn2n1)n1cc(Br)cn1. The lowest BCUT2D eigenvalue weighted by atomic mass is 10.3. The average Bonchev–Trinajstić information content (AvgIpc) is 3.38. The summed E-state index contributed by atoms with van der Waals surface area (Å²) in [6.45, 7) is 2.01. The lowest BCUT2D eigenvalue weighted by molar-refractivity contribution is 0.536. The summed E-state index contributed by atoms with van der Waals surface area (Å²) in [5.74, 6) is 0.669. The largest absolute Gasteiger partial charge is 0.261 e. The van der Waals surface area contributed by atoms with Crippen molar-refractivity contribution >= 4 is 32.6 Å². The first kappa shape index (κ1) is 15.2. The van der Waals surface area contributed by atoms with Crippen LogP contribution >= 0.6 is 15.9 Å². The molecule has 0 aliphatic carbocycles. The summed E-state index contributed by atoms with van der Waals surface area (Å²) >= 11 is 3.41. The van der Waals surface area contributed by atoms with Crippen molar-refractivity contribution in [2.45, 2.75) is 13.0 Å². The van der Waals surface area contributed by atoms with E-state index in [0.29, 0.717) is 5.82 Å². The van der Waals surface area contributed by atoms with Crippen LogP contribution < -0.4 is 0 Å². The topological polar surface area (TPSA) is 78.7 Å². The quantitative estimate of drug-likeness (QED) is 0.458. The Morgan fingerprint density at radius 2 is 1.88 bits per heavy atom. The second-order valence-electron chi connectivity index (χ2n) is 5.93. The number of rotatable bonds is 3. The van der Waals surface area contributed by atoms with E-state index in [-0.39, 0.29) is 6.04 Å². The first-order chi connectivity index (χ1) is 12.7. The Hall–Kier alpha value is -3.07. The average molecular weight is 409 g/mol. The molecule has 9 heteroatoms. The molecule has 128 valence electrons. The molecule has 0 spiro atoms. The molecule has 4 heterocycles. The Labute approximate surface area is 156 Å². The van der Waals surface area contributed by atoms with E-state index in [1.807, 2.05) is 48.1 Å². The summed E-state index contributed by atoms with van der Waals surface area (Å²) < 4.78 is 6.22. The van der Waals surface area contributed by atoms with Gasteiger partial charge in [-0.3, -0.25) is 4.68 Å². The fraction of sp³-hybridized carbons (Fsp3) is 0.118. The maximum absolute atomic E-state index is 4.72. The van der Waals surface area contributed by atoms with Gasteiger partial charge in [0.15, 0.2) is 17.1 Å². The molecule has 5 aromatic rings. The number of hydrogen-bond donors (Lipinski definition) is 0. The van der Waals surface area contributed by atoms with Gasteiger partial charge < -0.3 is 0 Å². The zero-order chi connectivity index (χ0) is 17.7. The Morgan fingerprint density at radius 1 is 1.04 bits per heavy atom. The molecular formula is C17H13BrN8. The van der Waals surface area contributed by atoms with Gasteiger partial charge in [-0.05, 0) is 35.0 Å². The van der Waals surface area contributed by atoms with Gasteiger partial charge >= 0.3 is 0 Å². The molecule has 8 nitrogen and oxygen atoms in total. The van der Waals surface area contributed by atoms with Crippen molar-refractivity contribution in [1.82, 2.24) is 39.1 Å². The van der Waals surface area contributed by atoms with Crippen LogP contribution in [0.3, 0.4) is 0 Å². The van der Waals surface area contributed by atoms with E-state index in [4.69, 9.17) is 4.98 Å². The molecule has 0 fully saturated rings. The van der Waals surface area contributed by atoms with Gasteiger partial charge in [-0.2, -0.15) is 10.2 Å². The van der Waals surface area contributed by atoms with Gasteiger partial charge in [0.2, 0.25) is 0 Å². The highest BCUT2D eigenvalue weighted by Crippen LogP contribution is 2.22. The minimum atomic E-state index is -0.0968. The van der Waals surface area contributed by atoms with Crippen LogP contribution in [0.2, 0.25) is 0 Å². The van der Waals surface area contributed by atoms with Gasteiger partial charge in [-0.15, -0.1) is 5.10 Å². The summed E-state index contributed by atoms with van der Waals surface area (Å²) in [6.07, 6.45) is 7.09. The van der Waals surface area contributed by atoms with E-state index in [1.165, 1.54) is 0 Å². The number of fused-ring (bicyclic) bond motifs is 3. The number of aromatic nitrogens is 8. The van der Waals surface area contributed by atoms with Crippen LogP contribution in [0.25, 0.3) is 22.4 Å². The minimum Gasteiger partial charge on any atom is -0.261 e. The van der Waals surface area contributed by atoms with Crippen LogP contribution in [0, 0.1) is 0 Å². The molecule has 4 aromatic heterocycles. The van der Waals surface area contributed by atoms with Crippen molar-refractivity contribution in [3.8, 4) is 5.69 Å². The van der Waals surface area contributed by atoms with Crippen LogP contribution in [0.1, 0.15) is 18.8 Å². The number of halogens is 1. The van der Waals surface area contributed by atoms with Gasteiger partial charge in [-0.1, -0.05) is 18.2 Å². The predicted molar refractivity (Wildman–Crippen MR) is 99.2 cm³/mol. The predicted octanol–water partition coefficient (Wildman–Crippen LogP) is 3.03. The smallest absolute Gasteiger partial charge is 0.176 e. The summed E-state index contributed by atoms with van der Waals surface area (Å²) in [5.41, 5.74) is 2.43. The third-order valence-electron chi connectivity index (χ3n) is 4.26. The number of nitrogens with zero attached hydrogens (tertiary/aromatic N) is 8. The van der Waals surface area contributed by atoms with Gasteiger partial charge in [0.25, 0.3) is 0 Å². The number of benzene rings is 1. The number of hydrogen-bond acceptors (Lipinski definition) is 5. The molecular weight excluding hydrogens is 396 g/mol. The molecule has 5 rings (SSSR count). The molecule has 1 aromatic carbocycles. The highest BCUT2D eigenvalue weighted by Gasteiger charge is 2.18. The van der Waals surface area contributed by atoms with Crippen LogP contribution in [-0.2, 0) is 0 Å². The molecule has 0 saturated carbocycles. The number of para-hydroxylation sites is 1. The highest BCUT2D eigenvalue weighted by molar-refractivity contribution is 9.10. The highest BCUT2D eigenvalue weighted by atomic mass is 79.9. The lowest BCUT2D eigenvalue weighted by Gasteiger charge is -2.06. The Kier molecular flexibility index (Phi) is 3.35. The van der Waals surface area contributed by atoms with Crippen molar-refractivity contribution in [2.24, 2.45) is 0 Å². The van der Waals surface area contributed by atoms with Crippen molar-refractivity contribution in [1.29, 1.82) is 0 Å². The third kappa shape index (κ3) is 2.31. The van der Waals surface area contributed by atoms with E-state index < -0.39 is 0 Å². The van der Waals surface area contributed by atoms with E-state index in [0.717, 1.165) is 26.8 Å². The van der Waals surface area contributed by atoms with Crippen LogP contribution in [0.15, 0.2) is 59.7 Å². The van der Waals surface area contributed by atoms with Crippen molar-refractivity contribution in [3.05, 3.63) is 65.5 Å². The summed E-state index contributed by atoms with van der Waals surface area (Å²) in [4.78, 5) is 9.24. The van der Waals surface area contributed by atoms with Crippen LogP contribution in [0.5, 0.6) is 0 Å². The van der Waals surface area contributed by atoms with Crippen LogP contribution in [-0.4, -0.2) is 39.1 Å².